The number of carbonyl (C=O) groups is 1. The van der Waals surface area contributed by atoms with Gasteiger partial charge < -0.3 is 4.74 Å². The molecule has 0 bridgehead atoms. The molecule has 0 fully saturated rings. The number of carbonyl (C=O) groups excluding carboxylic acids is 1. The fourth-order valence-corrected chi connectivity index (χ4v) is 1.17. The number of nitriles is 1. The van der Waals surface area contributed by atoms with Crippen LogP contribution < -0.4 is 0 Å². The Morgan fingerprint density at radius 1 is 1.80 bits per heavy atom. The summed E-state index contributed by atoms with van der Waals surface area (Å²) in [5.74, 6) is -0.547. The van der Waals surface area contributed by atoms with Crippen molar-refractivity contribution >= 4 is 5.97 Å². The topological polar surface area (TPSA) is 80.8 Å². The van der Waals surface area contributed by atoms with Crippen LogP contribution in [0.2, 0.25) is 0 Å². The molecule has 1 heterocycles. The lowest BCUT2D eigenvalue weighted by molar-refractivity contribution is 0.0586. The van der Waals surface area contributed by atoms with E-state index in [2.05, 4.69) is 20.9 Å². The molecule has 0 spiro atoms. The first-order valence-electron chi connectivity index (χ1n) is 4.59. The van der Waals surface area contributed by atoms with Gasteiger partial charge in [-0.3, -0.25) is 0 Å². The van der Waals surface area contributed by atoms with Crippen LogP contribution in [0.5, 0.6) is 0 Å². The zero-order valence-electron chi connectivity index (χ0n) is 8.67. The summed E-state index contributed by atoms with van der Waals surface area (Å²) in [6, 6.07) is 2.02. The fourth-order valence-electron chi connectivity index (χ4n) is 1.17. The maximum absolute atomic E-state index is 11.1. The summed E-state index contributed by atoms with van der Waals surface area (Å²) in [6.07, 6.45) is 2.55. The molecule has 0 aliphatic rings. The Bertz CT molecular complexity index is 380. The van der Waals surface area contributed by atoms with Crippen molar-refractivity contribution in [3.63, 3.8) is 0 Å². The maximum atomic E-state index is 11.1. The average molecular weight is 208 g/mol. The van der Waals surface area contributed by atoms with E-state index in [-0.39, 0.29) is 11.9 Å². The second-order valence-electron chi connectivity index (χ2n) is 2.96. The Hall–Kier alpha value is -1.90. The fraction of sp³-hybridized carbons (Fsp3) is 0.556. The van der Waals surface area contributed by atoms with Crippen LogP contribution >= 0.6 is 0 Å². The van der Waals surface area contributed by atoms with Gasteiger partial charge in [-0.2, -0.15) is 5.26 Å². The number of esters is 1. The van der Waals surface area contributed by atoms with Crippen molar-refractivity contribution in [2.45, 2.75) is 25.8 Å². The van der Waals surface area contributed by atoms with E-state index >= 15 is 0 Å². The molecule has 80 valence electrons. The predicted octanol–water partition coefficient (Wildman–Crippen LogP) is 0.929. The minimum atomic E-state index is -0.569. The Balaban J connectivity index is 2.83. The molecule has 0 N–H and O–H groups in total. The van der Waals surface area contributed by atoms with Crippen molar-refractivity contribution < 1.29 is 9.53 Å². The van der Waals surface area contributed by atoms with Crippen molar-refractivity contribution in [3.05, 3.63) is 12.2 Å². The van der Waals surface area contributed by atoms with E-state index in [4.69, 9.17) is 5.26 Å². The van der Waals surface area contributed by atoms with Gasteiger partial charge in [-0.05, 0) is 6.42 Å². The Kier molecular flexibility index (Phi) is 3.80. The number of aromatic nitrogens is 3. The van der Waals surface area contributed by atoms with Gasteiger partial charge in [0.1, 0.15) is 6.33 Å². The highest BCUT2D eigenvalue weighted by molar-refractivity contribution is 5.84. The number of hydrogen-bond donors (Lipinski definition) is 0. The molecule has 0 amide bonds. The van der Waals surface area contributed by atoms with E-state index in [1.807, 2.05) is 6.92 Å². The molecule has 0 aliphatic carbocycles. The number of nitrogens with zero attached hydrogens (tertiary/aromatic N) is 4. The van der Waals surface area contributed by atoms with Crippen molar-refractivity contribution in [1.82, 2.24) is 14.8 Å². The number of methoxy groups -OCH3 is 1. The van der Waals surface area contributed by atoms with Crippen LogP contribution in [0.25, 0.3) is 0 Å². The van der Waals surface area contributed by atoms with E-state index < -0.39 is 5.97 Å². The molecule has 6 heteroatoms. The van der Waals surface area contributed by atoms with Gasteiger partial charge in [0.05, 0.1) is 25.6 Å². The zero-order valence-corrected chi connectivity index (χ0v) is 8.67. The van der Waals surface area contributed by atoms with Gasteiger partial charge >= 0.3 is 5.97 Å². The molecular formula is C9H12N4O2. The van der Waals surface area contributed by atoms with Crippen LogP contribution in [0.1, 0.15) is 36.4 Å². The van der Waals surface area contributed by atoms with Gasteiger partial charge in [-0.1, -0.05) is 6.92 Å². The van der Waals surface area contributed by atoms with Crippen LogP contribution in [-0.2, 0) is 4.74 Å². The van der Waals surface area contributed by atoms with Crippen LogP contribution in [0, 0.1) is 11.3 Å². The second-order valence-corrected chi connectivity index (χ2v) is 2.96. The van der Waals surface area contributed by atoms with Crippen molar-refractivity contribution in [2.24, 2.45) is 0 Å². The van der Waals surface area contributed by atoms with Gasteiger partial charge in [0.15, 0.2) is 0 Å². The quantitative estimate of drug-likeness (QED) is 0.687. The summed E-state index contributed by atoms with van der Waals surface area (Å²) in [5, 5.41) is 12.5. The average Bonchev–Trinajstić information content (AvgIpc) is 2.73. The molecule has 0 saturated carbocycles. The minimum absolute atomic E-state index is 0.0221. The van der Waals surface area contributed by atoms with Crippen molar-refractivity contribution in [3.8, 4) is 6.07 Å². The summed E-state index contributed by atoms with van der Waals surface area (Å²) in [4.78, 5) is 14.9. The largest absolute Gasteiger partial charge is 0.463 e. The second kappa shape index (κ2) is 5.10. The molecule has 0 aromatic carbocycles. The summed E-state index contributed by atoms with van der Waals surface area (Å²) < 4.78 is 6.00. The highest BCUT2D eigenvalue weighted by Crippen LogP contribution is 2.13. The molecule has 0 saturated heterocycles. The standard InChI is InChI=1S/C9H12N4O2/c1-3-7(4-5-10)13-6-11-8(12-13)9(14)15-2/h6-7H,3-4H2,1-2H3. The Morgan fingerprint density at radius 3 is 3.07 bits per heavy atom. The highest BCUT2D eigenvalue weighted by Gasteiger charge is 2.15. The molecule has 1 rings (SSSR count). The lowest BCUT2D eigenvalue weighted by atomic mass is 10.2. The first-order valence-corrected chi connectivity index (χ1v) is 4.59. The van der Waals surface area contributed by atoms with E-state index in [0.29, 0.717) is 6.42 Å². The third-order valence-corrected chi connectivity index (χ3v) is 2.05. The summed E-state index contributed by atoms with van der Waals surface area (Å²) >= 11 is 0. The normalized spacial score (nSPS) is 11.8. The molecular weight excluding hydrogens is 196 g/mol. The smallest absolute Gasteiger partial charge is 0.377 e. The minimum Gasteiger partial charge on any atom is -0.463 e. The van der Waals surface area contributed by atoms with E-state index in [1.165, 1.54) is 18.1 Å². The first-order chi connectivity index (χ1) is 7.22. The van der Waals surface area contributed by atoms with E-state index in [9.17, 15) is 4.79 Å². The Morgan fingerprint density at radius 2 is 2.53 bits per heavy atom. The molecule has 0 aliphatic heterocycles. The number of hydrogen-bond acceptors (Lipinski definition) is 5. The van der Waals surface area contributed by atoms with E-state index in [1.54, 1.807) is 0 Å². The lowest BCUT2D eigenvalue weighted by Crippen LogP contribution is -2.10. The predicted molar refractivity (Wildman–Crippen MR) is 50.9 cm³/mol. The monoisotopic (exact) mass is 208 g/mol. The van der Waals surface area contributed by atoms with Crippen LogP contribution in [0.4, 0.5) is 0 Å². The maximum Gasteiger partial charge on any atom is 0.377 e. The molecule has 1 aromatic heterocycles. The van der Waals surface area contributed by atoms with Crippen molar-refractivity contribution in [2.75, 3.05) is 7.11 Å². The molecule has 1 aromatic rings. The first kappa shape index (κ1) is 11.2. The molecule has 0 radical (unpaired) electrons. The lowest BCUT2D eigenvalue weighted by Gasteiger charge is -2.09. The zero-order chi connectivity index (χ0) is 11.3. The number of ether oxygens (including phenoxy) is 1. The van der Waals surface area contributed by atoms with Crippen LogP contribution in [0.3, 0.4) is 0 Å². The van der Waals surface area contributed by atoms with E-state index in [0.717, 1.165) is 6.42 Å². The Labute approximate surface area is 87.5 Å². The summed E-state index contributed by atoms with van der Waals surface area (Å²) in [7, 11) is 1.27. The van der Waals surface area contributed by atoms with Gasteiger partial charge in [0.2, 0.25) is 0 Å². The molecule has 1 unspecified atom stereocenters. The third kappa shape index (κ3) is 2.53. The molecule has 15 heavy (non-hydrogen) atoms. The number of rotatable bonds is 4. The summed E-state index contributed by atoms with van der Waals surface area (Å²) in [6.45, 7) is 1.95. The van der Waals surface area contributed by atoms with Crippen LogP contribution in [-0.4, -0.2) is 27.8 Å². The molecule has 1 atom stereocenters. The summed E-state index contributed by atoms with van der Waals surface area (Å²) in [5.41, 5.74) is 0. The van der Waals surface area contributed by atoms with Crippen LogP contribution in [0.15, 0.2) is 6.33 Å². The highest BCUT2D eigenvalue weighted by atomic mass is 16.5. The third-order valence-electron chi connectivity index (χ3n) is 2.05. The van der Waals surface area contributed by atoms with Crippen molar-refractivity contribution in [1.29, 1.82) is 5.26 Å². The molecule has 6 nitrogen and oxygen atoms in total. The van der Waals surface area contributed by atoms with Gasteiger partial charge in [0, 0.05) is 0 Å². The van der Waals surface area contributed by atoms with Gasteiger partial charge in [-0.15, -0.1) is 5.10 Å². The van der Waals surface area contributed by atoms with Gasteiger partial charge in [0.25, 0.3) is 5.82 Å². The van der Waals surface area contributed by atoms with Gasteiger partial charge in [-0.25, -0.2) is 14.5 Å². The SMILES string of the molecule is CCC(CC#N)n1cnc(C(=O)OC)n1.